The number of rotatable bonds is 3. The Morgan fingerprint density at radius 3 is 2.95 bits per heavy atom. The summed E-state index contributed by atoms with van der Waals surface area (Å²) in [6.07, 6.45) is 5.72. The first-order chi connectivity index (χ1) is 10.3. The van der Waals surface area contributed by atoms with Crippen LogP contribution in [0.25, 0.3) is 0 Å². The molecule has 0 aromatic carbocycles. The number of carbonyl (C=O) groups excluding carboxylic acids is 1. The molecule has 6 nitrogen and oxygen atoms in total. The van der Waals surface area contributed by atoms with E-state index >= 15 is 0 Å². The predicted molar refractivity (Wildman–Crippen MR) is 73.5 cm³/mol. The van der Waals surface area contributed by atoms with Crippen molar-refractivity contribution in [2.75, 3.05) is 6.54 Å². The van der Waals surface area contributed by atoms with E-state index in [4.69, 9.17) is 4.52 Å². The van der Waals surface area contributed by atoms with Crippen LogP contribution in [0.5, 0.6) is 0 Å². The molecule has 0 spiro atoms. The second-order valence-corrected chi connectivity index (χ2v) is 5.64. The lowest BCUT2D eigenvalue weighted by Crippen LogP contribution is -2.31. The molecular formula is C15H16N4O2. The standard InChI is InChI=1S/C15H16N4O2/c20-15(11-4-1-2-8-16-11)19-9-3-5-12(19)13-17-14(21-18-13)10-6-7-10/h1-2,4,8,10,12H,3,5-7,9H2/t12-/m0/s1. The van der Waals surface area contributed by atoms with Gasteiger partial charge in [0.05, 0.1) is 6.04 Å². The number of hydrogen-bond acceptors (Lipinski definition) is 5. The van der Waals surface area contributed by atoms with Crippen LogP contribution in [0.4, 0.5) is 0 Å². The van der Waals surface area contributed by atoms with Crippen molar-refractivity contribution in [2.45, 2.75) is 37.6 Å². The highest BCUT2D eigenvalue weighted by molar-refractivity contribution is 5.92. The molecule has 2 aliphatic rings. The molecule has 1 aliphatic heterocycles. The lowest BCUT2D eigenvalue weighted by molar-refractivity contribution is 0.0722. The summed E-state index contributed by atoms with van der Waals surface area (Å²) >= 11 is 0. The Labute approximate surface area is 122 Å². The molecule has 0 bridgehead atoms. The fourth-order valence-electron chi connectivity index (χ4n) is 2.79. The monoisotopic (exact) mass is 284 g/mol. The zero-order valence-electron chi connectivity index (χ0n) is 11.6. The minimum absolute atomic E-state index is 0.0594. The highest BCUT2D eigenvalue weighted by Gasteiger charge is 2.36. The van der Waals surface area contributed by atoms with Gasteiger partial charge in [0, 0.05) is 18.7 Å². The Balaban J connectivity index is 1.58. The van der Waals surface area contributed by atoms with Crippen LogP contribution in [0, 0.1) is 0 Å². The third-order valence-corrected chi connectivity index (χ3v) is 4.08. The Kier molecular flexibility index (Phi) is 2.94. The van der Waals surface area contributed by atoms with Crippen LogP contribution in [0.2, 0.25) is 0 Å². The molecule has 0 radical (unpaired) electrons. The molecule has 1 aliphatic carbocycles. The molecule has 2 fully saturated rings. The van der Waals surface area contributed by atoms with Gasteiger partial charge in [-0.1, -0.05) is 11.2 Å². The molecule has 1 saturated heterocycles. The van der Waals surface area contributed by atoms with Crippen LogP contribution in [-0.2, 0) is 0 Å². The molecule has 21 heavy (non-hydrogen) atoms. The Hall–Kier alpha value is -2.24. The summed E-state index contributed by atoms with van der Waals surface area (Å²) in [4.78, 5) is 23.0. The van der Waals surface area contributed by atoms with Crippen molar-refractivity contribution in [1.82, 2.24) is 20.0 Å². The van der Waals surface area contributed by atoms with E-state index in [9.17, 15) is 4.79 Å². The first kappa shape index (κ1) is 12.5. The van der Waals surface area contributed by atoms with Gasteiger partial charge in [0.1, 0.15) is 5.69 Å². The number of pyridine rings is 1. The van der Waals surface area contributed by atoms with Crippen LogP contribution in [0.1, 0.15) is 59.8 Å². The summed E-state index contributed by atoms with van der Waals surface area (Å²) in [7, 11) is 0. The van der Waals surface area contributed by atoms with E-state index in [2.05, 4.69) is 15.1 Å². The average molecular weight is 284 g/mol. The Morgan fingerprint density at radius 1 is 1.29 bits per heavy atom. The molecule has 0 unspecified atom stereocenters. The fourth-order valence-corrected chi connectivity index (χ4v) is 2.79. The number of likely N-dealkylation sites (tertiary alicyclic amines) is 1. The van der Waals surface area contributed by atoms with Gasteiger partial charge in [-0.15, -0.1) is 0 Å². The van der Waals surface area contributed by atoms with Crippen LogP contribution in [0.3, 0.4) is 0 Å². The molecule has 0 N–H and O–H groups in total. The molecule has 4 rings (SSSR count). The summed E-state index contributed by atoms with van der Waals surface area (Å²) in [6, 6.07) is 5.28. The molecule has 1 atom stereocenters. The second kappa shape index (κ2) is 4.95. The van der Waals surface area contributed by atoms with Gasteiger partial charge in [0.15, 0.2) is 5.82 Å². The zero-order valence-corrected chi connectivity index (χ0v) is 11.6. The third-order valence-electron chi connectivity index (χ3n) is 4.08. The molecule has 6 heteroatoms. The van der Waals surface area contributed by atoms with Gasteiger partial charge in [-0.25, -0.2) is 0 Å². The van der Waals surface area contributed by atoms with Crippen molar-refractivity contribution in [2.24, 2.45) is 0 Å². The van der Waals surface area contributed by atoms with Crippen molar-refractivity contribution in [3.63, 3.8) is 0 Å². The van der Waals surface area contributed by atoms with Gasteiger partial charge in [-0.3, -0.25) is 9.78 Å². The third kappa shape index (κ3) is 2.30. The number of carbonyl (C=O) groups is 1. The van der Waals surface area contributed by atoms with Crippen LogP contribution >= 0.6 is 0 Å². The first-order valence-corrected chi connectivity index (χ1v) is 7.38. The molecule has 3 heterocycles. The molecule has 108 valence electrons. The topological polar surface area (TPSA) is 72.1 Å². The van der Waals surface area contributed by atoms with Gasteiger partial charge in [0.2, 0.25) is 5.89 Å². The number of aromatic nitrogens is 3. The van der Waals surface area contributed by atoms with E-state index < -0.39 is 0 Å². The Bertz CT molecular complexity index is 651. The quantitative estimate of drug-likeness (QED) is 0.865. The number of nitrogens with zero attached hydrogens (tertiary/aromatic N) is 4. The SMILES string of the molecule is O=C(c1ccccn1)N1CCC[C@H]1c1noc(C2CC2)n1. The minimum atomic E-state index is -0.0873. The van der Waals surface area contributed by atoms with Gasteiger partial charge in [-0.2, -0.15) is 4.98 Å². The molecule has 2 aromatic rings. The largest absolute Gasteiger partial charge is 0.339 e. The van der Waals surface area contributed by atoms with Gasteiger partial charge < -0.3 is 9.42 Å². The van der Waals surface area contributed by atoms with Gasteiger partial charge in [0.25, 0.3) is 5.91 Å². The maximum atomic E-state index is 12.6. The van der Waals surface area contributed by atoms with E-state index in [0.717, 1.165) is 31.6 Å². The Morgan fingerprint density at radius 2 is 2.19 bits per heavy atom. The zero-order chi connectivity index (χ0) is 14.2. The van der Waals surface area contributed by atoms with Crippen LogP contribution in [-0.4, -0.2) is 32.5 Å². The van der Waals surface area contributed by atoms with Crippen LogP contribution in [0.15, 0.2) is 28.9 Å². The first-order valence-electron chi connectivity index (χ1n) is 7.38. The highest BCUT2D eigenvalue weighted by Crippen LogP contribution is 2.40. The molecule has 1 saturated carbocycles. The summed E-state index contributed by atoms with van der Waals surface area (Å²) in [5.41, 5.74) is 0.468. The van der Waals surface area contributed by atoms with Crippen molar-refractivity contribution >= 4 is 5.91 Å². The molecule has 1 amide bonds. The van der Waals surface area contributed by atoms with Crippen molar-refractivity contribution in [1.29, 1.82) is 0 Å². The maximum Gasteiger partial charge on any atom is 0.273 e. The maximum absolute atomic E-state index is 12.6. The summed E-state index contributed by atoms with van der Waals surface area (Å²) < 4.78 is 5.32. The van der Waals surface area contributed by atoms with Crippen molar-refractivity contribution < 1.29 is 9.32 Å². The second-order valence-electron chi connectivity index (χ2n) is 5.64. The van der Waals surface area contributed by atoms with Gasteiger partial charge >= 0.3 is 0 Å². The summed E-state index contributed by atoms with van der Waals surface area (Å²) in [5.74, 6) is 1.74. The van der Waals surface area contributed by atoms with Crippen molar-refractivity contribution in [3.05, 3.63) is 41.8 Å². The normalized spacial score (nSPS) is 21.7. The van der Waals surface area contributed by atoms with Crippen LogP contribution < -0.4 is 0 Å². The average Bonchev–Trinajstić information content (AvgIpc) is 3.07. The smallest absolute Gasteiger partial charge is 0.273 e. The lowest BCUT2D eigenvalue weighted by Gasteiger charge is -2.21. The van der Waals surface area contributed by atoms with E-state index in [1.54, 1.807) is 18.3 Å². The minimum Gasteiger partial charge on any atom is -0.339 e. The predicted octanol–water partition coefficient (Wildman–Crippen LogP) is 2.32. The number of hydrogen-bond donors (Lipinski definition) is 0. The molecule has 2 aromatic heterocycles. The fraction of sp³-hybridized carbons (Fsp3) is 0.467. The summed E-state index contributed by atoms with van der Waals surface area (Å²) in [6.45, 7) is 0.716. The van der Waals surface area contributed by atoms with E-state index in [1.165, 1.54) is 0 Å². The van der Waals surface area contributed by atoms with E-state index in [1.807, 2.05) is 11.0 Å². The molecular weight excluding hydrogens is 268 g/mol. The van der Waals surface area contributed by atoms with E-state index in [-0.39, 0.29) is 11.9 Å². The van der Waals surface area contributed by atoms with E-state index in [0.29, 0.717) is 24.0 Å². The number of amides is 1. The highest BCUT2D eigenvalue weighted by atomic mass is 16.5. The van der Waals surface area contributed by atoms with Crippen molar-refractivity contribution in [3.8, 4) is 0 Å². The summed E-state index contributed by atoms with van der Waals surface area (Å²) in [5, 5.41) is 4.09. The van der Waals surface area contributed by atoms with Gasteiger partial charge in [-0.05, 0) is 37.8 Å². The lowest BCUT2D eigenvalue weighted by atomic mass is 10.2.